The first-order valence-corrected chi connectivity index (χ1v) is 12.0. The van der Waals surface area contributed by atoms with Crippen LogP contribution in [-0.2, 0) is 0 Å². The summed E-state index contributed by atoms with van der Waals surface area (Å²) in [5.74, 6) is -3.90. The van der Waals surface area contributed by atoms with Crippen LogP contribution in [0, 0.1) is 11.6 Å². The molecule has 0 bridgehead atoms. The lowest BCUT2D eigenvalue weighted by Gasteiger charge is -2.14. The van der Waals surface area contributed by atoms with Gasteiger partial charge in [0.15, 0.2) is 0 Å². The Morgan fingerprint density at radius 3 is 2.54 bits per heavy atom. The van der Waals surface area contributed by atoms with E-state index in [4.69, 9.17) is 10.5 Å². The number of nitrogens with one attached hydrogen (secondary N) is 1. The zero-order valence-corrected chi connectivity index (χ0v) is 20.0. The summed E-state index contributed by atoms with van der Waals surface area (Å²) >= 11 is 0. The number of hydrogen-bond donors (Lipinski definition) is 2. The molecule has 1 amide bonds. The number of fused-ring (bicyclic) bond motifs is 1. The molecular weight excluding hydrogens is 480 g/mol. The van der Waals surface area contributed by atoms with Gasteiger partial charge in [-0.3, -0.25) is 9.59 Å². The predicted octanol–water partition coefficient (Wildman–Crippen LogP) is 4.10. The van der Waals surface area contributed by atoms with Gasteiger partial charge in [-0.25, -0.2) is 18.7 Å². The van der Waals surface area contributed by atoms with Crippen molar-refractivity contribution in [2.45, 2.75) is 19.3 Å². The summed E-state index contributed by atoms with van der Waals surface area (Å²) in [7, 11) is 0. The van der Waals surface area contributed by atoms with Gasteiger partial charge in [0, 0.05) is 53.3 Å². The lowest BCUT2D eigenvalue weighted by atomic mass is 9.98. The molecule has 10 heteroatoms. The van der Waals surface area contributed by atoms with E-state index in [1.807, 2.05) is 6.07 Å². The van der Waals surface area contributed by atoms with Crippen LogP contribution < -0.4 is 10.5 Å². The van der Waals surface area contributed by atoms with Crippen molar-refractivity contribution in [3.8, 4) is 17.0 Å². The number of nitrogens with two attached hydrogens (primary N) is 1. The van der Waals surface area contributed by atoms with Crippen molar-refractivity contribution in [1.29, 1.82) is 0 Å². The maximum atomic E-state index is 14.8. The Balaban J connectivity index is 1.35. The van der Waals surface area contributed by atoms with Crippen molar-refractivity contribution in [2.75, 3.05) is 26.2 Å². The fourth-order valence-electron chi connectivity index (χ4n) is 4.54. The summed E-state index contributed by atoms with van der Waals surface area (Å²) in [5.41, 5.74) is 5.49. The number of ether oxygens (including phenoxy) is 1. The predicted molar refractivity (Wildman–Crippen MR) is 133 cm³/mol. The molecule has 0 unspecified atom stereocenters. The molecular formula is C27H25F2N5O3. The van der Waals surface area contributed by atoms with Gasteiger partial charge in [0.1, 0.15) is 17.3 Å². The molecule has 190 valence electrons. The quantitative estimate of drug-likeness (QED) is 0.262. The highest BCUT2D eigenvalue weighted by molar-refractivity contribution is 6.17. The highest BCUT2D eigenvalue weighted by atomic mass is 19.1. The van der Waals surface area contributed by atoms with Gasteiger partial charge >= 0.3 is 0 Å². The van der Waals surface area contributed by atoms with Gasteiger partial charge in [-0.15, -0.1) is 0 Å². The fourth-order valence-corrected chi connectivity index (χ4v) is 4.54. The molecule has 4 aromatic rings. The standard InChI is InChI=1S/C27H25F2N5O3/c28-21-6-5-18(26(30)36)24(29)23(21)25(35)20-15-33-27-19(20)12-17(14-32-27)16-4-7-22(31-13-16)37-11-3-10-34-8-1-2-9-34/h4-7,12-15H,1-3,8-11H2,(H2,30,36)(H,32,33). The number of aromatic amines is 1. The molecule has 5 rings (SSSR count). The maximum Gasteiger partial charge on any atom is 0.251 e. The molecule has 1 fully saturated rings. The number of H-pyrrole nitrogens is 1. The SMILES string of the molecule is NC(=O)c1ccc(F)c(C(=O)c2c[nH]c3ncc(-c4ccc(OCCCN5CCCC5)nc4)cc23)c1F. The van der Waals surface area contributed by atoms with Crippen LogP contribution in [0.25, 0.3) is 22.2 Å². The third-order valence-electron chi connectivity index (χ3n) is 6.50. The number of ketones is 1. The molecule has 1 saturated heterocycles. The van der Waals surface area contributed by atoms with Crippen molar-refractivity contribution < 1.29 is 23.1 Å². The first-order valence-electron chi connectivity index (χ1n) is 12.0. The average Bonchev–Trinajstić information content (AvgIpc) is 3.56. The Labute approximate surface area is 211 Å². The topological polar surface area (TPSA) is 114 Å². The Hall–Kier alpha value is -4.18. The summed E-state index contributed by atoms with van der Waals surface area (Å²) in [6, 6.07) is 7.03. The number of pyridine rings is 2. The summed E-state index contributed by atoms with van der Waals surface area (Å²) < 4.78 is 35.0. The van der Waals surface area contributed by atoms with Crippen molar-refractivity contribution in [2.24, 2.45) is 5.73 Å². The minimum Gasteiger partial charge on any atom is -0.478 e. The molecule has 0 spiro atoms. The first-order chi connectivity index (χ1) is 17.9. The Bertz CT molecular complexity index is 1460. The van der Waals surface area contributed by atoms with Crippen molar-refractivity contribution in [3.63, 3.8) is 0 Å². The van der Waals surface area contributed by atoms with Gasteiger partial charge in [-0.2, -0.15) is 0 Å². The van der Waals surface area contributed by atoms with Gasteiger partial charge in [0.25, 0.3) is 5.91 Å². The summed E-state index contributed by atoms with van der Waals surface area (Å²) in [6.07, 6.45) is 8.03. The number of amides is 1. The van der Waals surface area contributed by atoms with Crippen LogP contribution in [0.4, 0.5) is 8.78 Å². The molecule has 0 aliphatic carbocycles. The largest absolute Gasteiger partial charge is 0.478 e. The highest BCUT2D eigenvalue weighted by Crippen LogP contribution is 2.28. The number of carbonyl (C=O) groups is 2. The lowest BCUT2D eigenvalue weighted by Crippen LogP contribution is -2.21. The van der Waals surface area contributed by atoms with Crippen molar-refractivity contribution in [3.05, 3.63) is 77.2 Å². The number of aromatic nitrogens is 3. The van der Waals surface area contributed by atoms with Gasteiger partial charge in [-0.1, -0.05) is 0 Å². The van der Waals surface area contributed by atoms with Crippen LogP contribution in [0.15, 0.2) is 48.9 Å². The maximum absolute atomic E-state index is 14.8. The van der Waals surface area contributed by atoms with Crippen LogP contribution in [0.2, 0.25) is 0 Å². The molecule has 1 aromatic carbocycles. The van der Waals surface area contributed by atoms with Crippen LogP contribution in [-0.4, -0.2) is 57.8 Å². The normalized spacial score (nSPS) is 13.8. The summed E-state index contributed by atoms with van der Waals surface area (Å²) in [4.78, 5) is 38.6. The molecule has 1 aliphatic heterocycles. The van der Waals surface area contributed by atoms with E-state index < -0.39 is 34.5 Å². The van der Waals surface area contributed by atoms with E-state index in [2.05, 4.69) is 19.9 Å². The molecule has 3 aromatic heterocycles. The number of rotatable bonds is 9. The Morgan fingerprint density at radius 2 is 1.81 bits per heavy atom. The van der Waals surface area contributed by atoms with E-state index in [1.54, 1.807) is 24.5 Å². The number of carbonyl (C=O) groups excluding carboxylic acids is 2. The lowest BCUT2D eigenvalue weighted by molar-refractivity contribution is 0.0996. The average molecular weight is 506 g/mol. The van der Waals surface area contributed by atoms with Crippen LogP contribution in [0.5, 0.6) is 5.88 Å². The number of likely N-dealkylation sites (tertiary alicyclic amines) is 1. The van der Waals surface area contributed by atoms with Crippen molar-refractivity contribution in [1.82, 2.24) is 19.9 Å². The van der Waals surface area contributed by atoms with Crippen LogP contribution in [0.3, 0.4) is 0 Å². The number of halogens is 2. The Morgan fingerprint density at radius 1 is 1.03 bits per heavy atom. The molecule has 0 atom stereocenters. The molecule has 0 saturated carbocycles. The van der Waals surface area contributed by atoms with E-state index in [-0.39, 0.29) is 5.56 Å². The third kappa shape index (κ3) is 5.05. The second kappa shape index (κ2) is 10.4. The zero-order valence-electron chi connectivity index (χ0n) is 20.0. The van der Waals surface area contributed by atoms with E-state index >= 15 is 0 Å². The van der Waals surface area contributed by atoms with Gasteiger partial charge in [0.2, 0.25) is 11.7 Å². The van der Waals surface area contributed by atoms with Crippen LogP contribution >= 0.6 is 0 Å². The second-order valence-corrected chi connectivity index (χ2v) is 8.94. The first kappa shape index (κ1) is 24.5. The van der Waals surface area contributed by atoms with E-state index in [1.165, 1.54) is 19.0 Å². The molecule has 37 heavy (non-hydrogen) atoms. The smallest absolute Gasteiger partial charge is 0.251 e. The zero-order chi connectivity index (χ0) is 25.9. The molecule has 8 nitrogen and oxygen atoms in total. The third-order valence-corrected chi connectivity index (χ3v) is 6.50. The minimum atomic E-state index is -1.30. The molecule has 3 N–H and O–H groups in total. The molecule has 1 aliphatic rings. The Kier molecular flexibility index (Phi) is 6.91. The van der Waals surface area contributed by atoms with Crippen molar-refractivity contribution >= 4 is 22.7 Å². The molecule has 0 radical (unpaired) electrons. The molecule has 4 heterocycles. The second-order valence-electron chi connectivity index (χ2n) is 8.94. The van der Waals surface area contributed by atoms with E-state index in [0.717, 1.165) is 43.8 Å². The fraction of sp³-hybridized carbons (Fsp3) is 0.259. The highest BCUT2D eigenvalue weighted by Gasteiger charge is 2.26. The summed E-state index contributed by atoms with van der Waals surface area (Å²) in [6.45, 7) is 3.91. The van der Waals surface area contributed by atoms with E-state index in [0.29, 0.717) is 29.1 Å². The number of primary amides is 1. The number of hydrogen-bond acceptors (Lipinski definition) is 6. The van der Waals surface area contributed by atoms with Crippen LogP contribution in [0.1, 0.15) is 45.5 Å². The number of benzene rings is 1. The van der Waals surface area contributed by atoms with Gasteiger partial charge in [0.05, 0.1) is 17.7 Å². The van der Waals surface area contributed by atoms with Gasteiger partial charge in [-0.05, 0) is 56.6 Å². The summed E-state index contributed by atoms with van der Waals surface area (Å²) in [5, 5.41) is 0.369. The monoisotopic (exact) mass is 505 g/mol. The number of nitrogens with zero attached hydrogens (tertiary/aromatic N) is 3. The minimum absolute atomic E-state index is 0.00897. The van der Waals surface area contributed by atoms with Gasteiger partial charge < -0.3 is 20.4 Å². The van der Waals surface area contributed by atoms with E-state index in [9.17, 15) is 18.4 Å².